The Morgan fingerprint density at radius 1 is 1.38 bits per heavy atom. The lowest BCUT2D eigenvalue weighted by Gasteiger charge is -2.45. The Kier molecular flexibility index (Phi) is 2.95. The van der Waals surface area contributed by atoms with Gasteiger partial charge in [0, 0.05) is 24.7 Å². The van der Waals surface area contributed by atoms with Gasteiger partial charge in [-0.25, -0.2) is 0 Å². The van der Waals surface area contributed by atoms with Crippen molar-refractivity contribution in [2.24, 2.45) is 5.92 Å². The van der Waals surface area contributed by atoms with Crippen LogP contribution in [0.3, 0.4) is 0 Å². The normalized spacial score (nSPS) is 37.7. The minimum Gasteiger partial charge on any atom is -0.308 e. The lowest BCUT2D eigenvalue weighted by molar-refractivity contribution is -0.156. The molecule has 1 saturated carbocycles. The highest BCUT2D eigenvalue weighted by atomic mass is 19.4. The quantitative estimate of drug-likeness (QED) is 0.789. The summed E-state index contributed by atoms with van der Waals surface area (Å²) in [5, 5.41) is 3.41. The van der Waals surface area contributed by atoms with E-state index in [4.69, 9.17) is 0 Å². The number of nitrogens with one attached hydrogen (secondary N) is 1. The van der Waals surface area contributed by atoms with Gasteiger partial charge >= 0.3 is 6.18 Å². The fourth-order valence-corrected chi connectivity index (χ4v) is 2.58. The van der Waals surface area contributed by atoms with Gasteiger partial charge in [-0.1, -0.05) is 0 Å². The van der Waals surface area contributed by atoms with Crippen LogP contribution in [0.4, 0.5) is 13.2 Å². The van der Waals surface area contributed by atoms with Crippen molar-refractivity contribution in [1.82, 2.24) is 10.2 Å². The maximum Gasteiger partial charge on any atom is 0.401 e. The average molecular weight is 236 g/mol. The van der Waals surface area contributed by atoms with Gasteiger partial charge in [-0.3, -0.25) is 4.90 Å². The van der Waals surface area contributed by atoms with Crippen LogP contribution in [-0.4, -0.2) is 42.3 Å². The Balaban J connectivity index is 2.00. The molecule has 16 heavy (non-hydrogen) atoms. The Labute approximate surface area is 94.2 Å². The Bertz CT molecular complexity index is 262. The molecule has 0 spiro atoms. The molecule has 2 aliphatic rings. The largest absolute Gasteiger partial charge is 0.401 e. The zero-order valence-electron chi connectivity index (χ0n) is 9.77. The second kappa shape index (κ2) is 3.88. The van der Waals surface area contributed by atoms with Crippen LogP contribution in [0.2, 0.25) is 0 Å². The van der Waals surface area contributed by atoms with E-state index in [1.54, 1.807) is 4.90 Å². The first-order chi connectivity index (χ1) is 7.30. The number of hydrogen-bond donors (Lipinski definition) is 1. The first-order valence-corrected chi connectivity index (χ1v) is 5.86. The topological polar surface area (TPSA) is 15.3 Å². The summed E-state index contributed by atoms with van der Waals surface area (Å²) in [4.78, 5) is 1.56. The van der Waals surface area contributed by atoms with Crippen molar-refractivity contribution in [3.63, 3.8) is 0 Å². The molecule has 94 valence electrons. The van der Waals surface area contributed by atoms with E-state index < -0.39 is 12.7 Å². The number of hydrogen-bond acceptors (Lipinski definition) is 2. The summed E-state index contributed by atoms with van der Waals surface area (Å²) in [6.45, 7) is 4.30. The molecule has 2 nitrogen and oxygen atoms in total. The van der Waals surface area contributed by atoms with Crippen molar-refractivity contribution in [1.29, 1.82) is 0 Å². The van der Waals surface area contributed by atoms with Crippen LogP contribution in [0.15, 0.2) is 0 Å². The third-order valence-corrected chi connectivity index (χ3v) is 3.82. The highest BCUT2D eigenvalue weighted by molar-refractivity contribution is 5.03. The smallest absolute Gasteiger partial charge is 0.308 e. The van der Waals surface area contributed by atoms with Gasteiger partial charge in [-0.2, -0.15) is 13.2 Å². The molecule has 2 atom stereocenters. The second-order valence-electron chi connectivity index (χ2n) is 5.44. The molecule has 0 aromatic rings. The van der Waals surface area contributed by atoms with Crippen LogP contribution in [0.25, 0.3) is 0 Å². The van der Waals surface area contributed by atoms with Gasteiger partial charge < -0.3 is 5.32 Å². The van der Waals surface area contributed by atoms with Gasteiger partial charge in [-0.15, -0.1) is 0 Å². The summed E-state index contributed by atoms with van der Waals surface area (Å²) >= 11 is 0. The molecular weight excluding hydrogens is 217 g/mol. The Morgan fingerprint density at radius 2 is 2.00 bits per heavy atom. The lowest BCUT2D eigenvalue weighted by Crippen LogP contribution is -2.64. The van der Waals surface area contributed by atoms with E-state index in [0.717, 1.165) is 12.8 Å². The third kappa shape index (κ3) is 2.69. The zero-order valence-corrected chi connectivity index (χ0v) is 9.77. The number of rotatable bonds is 2. The second-order valence-corrected chi connectivity index (χ2v) is 5.44. The molecule has 5 heteroatoms. The molecule has 1 aliphatic carbocycles. The van der Waals surface area contributed by atoms with Crippen molar-refractivity contribution in [3.8, 4) is 0 Å². The van der Waals surface area contributed by atoms with Crippen LogP contribution in [0, 0.1) is 5.92 Å². The van der Waals surface area contributed by atoms with E-state index >= 15 is 0 Å². The van der Waals surface area contributed by atoms with E-state index in [1.807, 2.05) is 6.92 Å². The molecule has 2 unspecified atom stereocenters. The molecule has 2 fully saturated rings. The van der Waals surface area contributed by atoms with E-state index in [1.165, 1.54) is 0 Å². The van der Waals surface area contributed by atoms with E-state index in [2.05, 4.69) is 12.2 Å². The summed E-state index contributed by atoms with van der Waals surface area (Å²) in [6.07, 6.45) is -1.79. The molecule has 1 N–H and O–H groups in total. The molecule has 0 bridgehead atoms. The van der Waals surface area contributed by atoms with Gasteiger partial charge in [0.1, 0.15) is 0 Å². The molecule has 0 amide bonds. The predicted molar refractivity (Wildman–Crippen MR) is 56.2 cm³/mol. The highest BCUT2D eigenvalue weighted by Crippen LogP contribution is 2.41. The van der Waals surface area contributed by atoms with Gasteiger partial charge in [0.25, 0.3) is 0 Å². The first-order valence-electron chi connectivity index (χ1n) is 5.86. The van der Waals surface area contributed by atoms with Crippen molar-refractivity contribution in [3.05, 3.63) is 0 Å². The van der Waals surface area contributed by atoms with Crippen LogP contribution in [-0.2, 0) is 0 Å². The minimum absolute atomic E-state index is 0.0338. The van der Waals surface area contributed by atoms with Crippen LogP contribution in [0.1, 0.15) is 26.7 Å². The van der Waals surface area contributed by atoms with Crippen LogP contribution < -0.4 is 5.32 Å². The third-order valence-electron chi connectivity index (χ3n) is 3.82. The van der Waals surface area contributed by atoms with Crippen molar-refractivity contribution >= 4 is 0 Å². The van der Waals surface area contributed by atoms with Crippen molar-refractivity contribution in [2.45, 2.75) is 44.4 Å². The average Bonchev–Trinajstić information content (AvgIpc) is 2.92. The lowest BCUT2D eigenvalue weighted by atomic mass is 9.91. The maximum absolute atomic E-state index is 12.4. The highest BCUT2D eigenvalue weighted by Gasteiger charge is 2.47. The standard InChI is InChI=1S/C11H19F3N2/c1-8-5-15-10(2,9-3-4-9)6-16(8)7-11(12,13)14/h8-9,15H,3-7H2,1-2H3. The molecule has 2 rings (SSSR count). The number of piperazine rings is 1. The van der Waals surface area contributed by atoms with E-state index in [0.29, 0.717) is 19.0 Å². The summed E-state index contributed by atoms with van der Waals surface area (Å²) in [7, 11) is 0. The van der Waals surface area contributed by atoms with E-state index in [9.17, 15) is 13.2 Å². The molecule has 0 radical (unpaired) electrons. The monoisotopic (exact) mass is 236 g/mol. The summed E-state index contributed by atoms with van der Waals surface area (Å²) < 4.78 is 37.3. The number of halogens is 3. The Hall–Kier alpha value is -0.290. The zero-order chi connectivity index (χ0) is 12.0. The maximum atomic E-state index is 12.4. The predicted octanol–water partition coefficient (Wildman–Crippen LogP) is 2.01. The molecule has 1 aliphatic heterocycles. The molecule has 1 heterocycles. The SMILES string of the molecule is CC1CNC(C)(C2CC2)CN1CC(F)(F)F. The van der Waals surface area contributed by atoms with Crippen molar-refractivity contribution in [2.75, 3.05) is 19.6 Å². The van der Waals surface area contributed by atoms with E-state index in [-0.39, 0.29) is 11.6 Å². The molecular formula is C11H19F3N2. The summed E-state index contributed by atoms with van der Waals surface area (Å²) in [5.41, 5.74) is -0.113. The molecule has 0 aromatic carbocycles. The number of alkyl halides is 3. The van der Waals surface area contributed by atoms with Crippen LogP contribution in [0.5, 0.6) is 0 Å². The van der Waals surface area contributed by atoms with Gasteiger partial charge in [0.15, 0.2) is 0 Å². The molecule has 0 aromatic heterocycles. The number of nitrogens with zero attached hydrogens (tertiary/aromatic N) is 1. The molecule has 1 saturated heterocycles. The van der Waals surface area contributed by atoms with Gasteiger partial charge in [0.2, 0.25) is 0 Å². The first kappa shape index (κ1) is 12.2. The minimum atomic E-state index is -4.09. The fourth-order valence-electron chi connectivity index (χ4n) is 2.58. The fraction of sp³-hybridized carbons (Fsp3) is 1.00. The summed E-state index contributed by atoms with van der Waals surface area (Å²) in [6, 6.07) is -0.0338. The van der Waals surface area contributed by atoms with Gasteiger partial charge in [0.05, 0.1) is 6.54 Å². The van der Waals surface area contributed by atoms with Crippen LogP contribution >= 0.6 is 0 Å². The van der Waals surface area contributed by atoms with Gasteiger partial charge in [-0.05, 0) is 32.6 Å². The Morgan fingerprint density at radius 3 is 2.50 bits per heavy atom. The summed E-state index contributed by atoms with van der Waals surface area (Å²) in [5.74, 6) is 0.565. The van der Waals surface area contributed by atoms with Crippen molar-refractivity contribution < 1.29 is 13.2 Å².